The normalized spacial score (nSPS) is 30.7. The maximum Gasteiger partial charge on any atom is 0.222 e. The second-order valence-electron chi connectivity index (χ2n) is 7.41. The van der Waals surface area contributed by atoms with E-state index in [2.05, 4.69) is 4.90 Å². The number of aliphatic hydroxyl groups is 1. The quantitative estimate of drug-likeness (QED) is 0.856. The van der Waals surface area contributed by atoms with Gasteiger partial charge in [0.15, 0.2) is 0 Å². The number of piperidine rings is 1. The summed E-state index contributed by atoms with van der Waals surface area (Å²) in [5, 5.41) is 10.4. The van der Waals surface area contributed by atoms with Crippen molar-refractivity contribution in [2.24, 2.45) is 5.41 Å². The van der Waals surface area contributed by atoms with Crippen LogP contribution in [-0.2, 0) is 4.79 Å². The predicted molar refractivity (Wildman–Crippen MR) is 80.5 cm³/mol. The summed E-state index contributed by atoms with van der Waals surface area (Å²) in [5.41, 5.74) is -0.981. The van der Waals surface area contributed by atoms with Crippen molar-refractivity contribution in [1.82, 2.24) is 9.80 Å². The van der Waals surface area contributed by atoms with E-state index in [4.69, 9.17) is 0 Å². The largest absolute Gasteiger partial charge is 0.388 e. The molecule has 1 amide bonds. The lowest BCUT2D eigenvalue weighted by atomic mass is 9.79. The minimum Gasteiger partial charge on any atom is -0.388 e. The molecule has 20 heavy (non-hydrogen) atoms. The maximum atomic E-state index is 12.3. The van der Waals surface area contributed by atoms with E-state index in [1.54, 1.807) is 0 Å². The number of likely N-dealkylation sites (tertiary alicyclic amines) is 2. The highest BCUT2D eigenvalue weighted by atomic mass is 16.3. The molecule has 2 rings (SSSR count). The molecule has 4 heteroatoms. The zero-order chi connectivity index (χ0) is 14.8. The van der Waals surface area contributed by atoms with Crippen LogP contribution in [0.3, 0.4) is 0 Å². The number of carbonyl (C=O) groups excluding carboxylic acids is 1. The first-order chi connectivity index (χ1) is 9.32. The number of amides is 1. The Morgan fingerprint density at radius 1 is 1.10 bits per heavy atom. The molecule has 0 aromatic carbocycles. The lowest BCUT2D eigenvalue weighted by Gasteiger charge is -2.30. The van der Waals surface area contributed by atoms with E-state index < -0.39 is 5.60 Å². The van der Waals surface area contributed by atoms with E-state index in [-0.39, 0.29) is 11.3 Å². The number of nitrogens with zero attached hydrogens (tertiary/aromatic N) is 2. The Kier molecular flexibility index (Phi) is 4.75. The first-order valence-electron chi connectivity index (χ1n) is 8.04. The van der Waals surface area contributed by atoms with Gasteiger partial charge in [0, 0.05) is 24.9 Å². The van der Waals surface area contributed by atoms with Crippen molar-refractivity contribution in [3.8, 4) is 0 Å². The molecule has 2 heterocycles. The van der Waals surface area contributed by atoms with E-state index in [0.717, 1.165) is 13.0 Å². The Morgan fingerprint density at radius 2 is 1.75 bits per heavy atom. The Bertz CT molecular complexity index is 330. The monoisotopic (exact) mass is 282 g/mol. The highest BCUT2D eigenvalue weighted by Gasteiger charge is 2.48. The fourth-order valence-corrected chi connectivity index (χ4v) is 3.26. The third-order valence-corrected chi connectivity index (χ3v) is 5.21. The van der Waals surface area contributed by atoms with E-state index in [9.17, 15) is 9.90 Å². The molecule has 116 valence electrons. The number of hydrogen-bond acceptors (Lipinski definition) is 3. The second kappa shape index (κ2) is 6.02. The predicted octanol–water partition coefficient (Wildman–Crippen LogP) is 1.87. The molecule has 2 saturated heterocycles. The van der Waals surface area contributed by atoms with Gasteiger partial charge in [0.05, 0.1) is 5.60 Å². The van der Waals surface area contributed by atoms with Crippen LogP contribution >= 0.6 is 0 Å². The van der Waals surface area contributed by atoms with Crippen molar-refractivity contribution < 1.29 is 9.90 Å². The third-order valence-electron chi connectivity index (χ3n) is 5.21. The van der Waals surface area contributed by atoms with Gasteiger partial charge in [-0.25, -0.2) is 0 Å². The van der Waals surface area contributed by atoms with Crippen LogP contribution in [0, 0.1) is 5.41 Å². The number of carbonyl (C=O) groups is 1. The molecule has 0 saturated carbocycles. The average Bonchev–Trinajstić information content (AvgIpc) is 2.60. The molecular weight excluding hydrogens is 252 g/mol. The van der Waals surface area contributed by atoms with Crippen LogP contribution in [0.15, 0.2) is 0 Å². The molecule has 0 unspecified atom stereocenters. The van der Waals surface area contributed by atoms with Crippen LogP contribution in [0.1, 0.15) is 52.9 Å². The maximum absolute atomic E-state index is 12.3. The molecular formula is C16H30N2O2. The minimum absolute atomic E-state index is 0.202. The van der Waals surface area contributed by atoms with Gasteiger partial charge in [0.25, 0.3) is 0 Å². The van der Waals surface area contributed by atoms with E-state index >= 15 is 0 Å². The smallest absolute Gasteiger partial charge is 0.222 e. The average molecular weight is 282 g/mol. The number of β-amino-alcohol motifs (C(OH)–C–C–N with tert-alkyl or cyclic N) is 1. The van der Waals surface area contributed by atoms with Gasteiger partial charge < -0.3 is 14.9 Å². The number of hydrogen-bond donors (Lipinski definition) is 1. The molecule has 0 aromatic rings. The lowest BCUT2D eigenvalue weighted by molar-refractivity contribution is -0.131. The zero-order valence-electron chi connectivity index (χ0n) is 13.3. The highest BCUT2D eigenvalue weighted by molar-refractivity contribution is 5.76. The van der Waals surface area contributed by atoms with E-state index in [1.807, 2.05) is 25.7 Å². The second-order valence-corrected chi connectivity index (χ2v) is 7.41. The Hall–Kier alpha value is -0.610. The van der Waals surface area contributed by atoms with Crippen LogP contribution in [0.2, 0.25) is 0 Å². The Labute approximate surface area is 123 Å². The molecule has 0 aliphatic carbocycles. The summed E-state index contributed by atoms with van der Waals surface area (Å²) in [7, 11) is 0. The summed E-state index contributed by atoms with van der Waals surface area (Å²) in [5.74, 6) is 0.202. The van der Waals surface area contributed by atoms with Crippen molar-refractivity contribution in [2.45, 2.75) is 58.5 Å². The van der Waals surface area contributed by atoms with Gasteiger partial charge in [-0.15, -0.1) is 0 Å². The molecule has 0 radical (unpaired) electrons. The van der Waals surface area contributed by atoms with Crippen molar-refractivity contribution in [3.63, 3.8) is 0 Å². The molecule has 2 aliphatic rings. The van der Waals surface area contributed by atoms with Gasteiger partial charge in [-0.05, 0) is 45.8 Å². The van der Waals surface area contributed by atoms with Crippen LogP contribution < -0.4 is 0 Å². The molecule has 1 N–H and O–H groups in total. The van der Waals surface area contributed by atoms with Crippen LogP contribution in [-0.4, -0.2) is 59.1 Å². The van der Waals surface area contributed by atoms with Gasteiger partial charge in [-0.1, -0.05) is 20.3 Å². The molecule has 0 spiro atoms. The fraction of sp³-hybridized carbons (Fsp3) is 0.938. The van der Waals surface area contributed by atoms with Gasteiger partial charge in [-0.3, -0.25) is 4.79 Å². The van der Waals surface area contributed by atoms with Crippen molar-refractivity contribution in [1.29, 1.82) is 0 Å². The van der Waals surface area contributed by atoms with Crippen molar-refractivity contribution >= 4 is 5.91 Å². The molecule has 2 aliphatic heterocycles. The zero-order valence-corrected chi connectivity index (χ0v) is 13.3. The first-order valence-corrected chi connectivity index (χ1v) is 8.04. The molecule has 2 fully saturated rings. The fourth-order valence-electron chi connectivity index (χ4n) is 3.26. The SMILES string of the molecule is CC1(C)CN(C(=O)CCCN2CCCCC2)C[C@]1(C)O. The first kappa shape index (κ1) is 15.8. The molecule has 1 atom stereocenters. The Balaban J connectivity index is 1.73. The van der Waals surface area contributed by atoms with Crippen LogP contribution in [0.25, 0.3) is 0 Å². The summed E-state index contributed by atoms with van der Waals surface area (Å²) >= 11 is 0. The third kappa shape index (κ3) is 3.53. The van der Waals surface area contributed by atoms with Gasteiger partial charge >= 0.3 is 0 Å². The van der Waals surface area contributed by atoms with E-state index in [1.165, 1.54) is 32.4 Å². The van der Waals surface area contributed by atoms with Crippen molar-refractivity contribution in [3.05, 3.63) is 0 Å². The lowest BCUT2D eigenvalue weighted by Crippen LogP contribution is -2.40. The van der Waals surface area contributed by atoms with Crippen LogP contribution in [0.4, 0.5) is 0 Å². The molecule has 4 nitrogen and oxygen atoms in total. The molecule has 0 bridgehead atoms. The topological polar surface area (TPSA) is 43.8 Å². The van der Waals surface area contributed by atoms with Crippen molar-refractivity contribution in [2.75, 3.05) is 32.7 Å². The van der Waals surface area contributed by atoms with Gasteiger partial charge in [-0.2, -0.15) is 0 Å². The Morgan fingerprint density at radius 3 is 2.30 bits per heavy atom. The standard InChI is InChI=1S/C16H30N2O2/c1-15(2)12-18(13-16(15,3)20)14(19)8-7-11-17-9-5-4-6-10-17/h20H,4-13H2,1-3H3/t16-/m0/s1. The summed E-state index contributed by atoms with van der Waals surface area (Å²) < 4.78 is 0. The summed E-state index contributed by atoms with van der Waals surface area (Å²) in [4.78, 5) is 16.6. The van der Waals surface area contributed by atoms with Gasteiger partial charge in [0.2, 0.25) is 5.91 Å². The van der Waals surface area contributed by atoms with Crippen LogP contribution in [0.5, 0.6) is 0 Å². The number of rotatable bonds is 4. The highest BCUT2D eigenvalue weighted by Crippen LogP contribution is 2.38. The van der Waals surface area contributed by atoms with E-state index in [0.29, 0.717) is 19.5 Å². The summed E-state index contributed by atoms with van der Waals surface area (Å²) in [6.07, 6.45) is 5.52. The van der Waals surface area contributed by atoms with Gasteiger partial charge in [0.1, 0.15) is 0 Å². The summed E-state index contributed by atoms with van der Waals surface area (Å²) in [6.45, 7) is 10.5. The summed E-state index contributed by atoms with van der Waals surface area (Å²) in [6, 6.07) is 0. The minimum atomic E-state index is -0.768. The molecule has 0 aromatic heterocycles.